The van der Waals surface area contributed by atoms with Crippen LogP contribution in [0.15, 0.2) is 53.0 Å². The Morgan fingerprint density at radius 1 is 0.907 bits per heavy atom. The molecule has 2 rings (SSSR count). The van der Waals surface area contributed by atoms with E-state index in [0.717, 1.165) is 10.0 Å². The van der Waals surface area contributed by atoms with Crippen LogP contribution in [0.4, 0.5) is 9.59 Å². The highest BCUT2D eigenvalue weighted by molar-refractivity contribution is 9.10. The van der Waals surface area contributed by atoms with Crippen molar-refractivity contribution in [3.8, 4) is 5.75 Å². The number of aliphatic carboxylic acids is 1. The second-order valence-corrected chi connectivity index (χ2v) is 11.7. The van der Waals surface area contributed by atoms with Gasteiger partial charge < -0.3 is 35.3 Å². The number of carboxylic acids is 1. The van der Waals surface area contributed by atoms with Gasteiger partial charge in [0.05, 0.1) is 0 Å². The van der Waals surface area contributed by atoms with Crippen molar-refractivity contribution in [3.05, 3.63) is 64.1 Å². The molecule has 0 aliphatic rings. The van der Waals surface area contributed by atoms with Crippen LogP contribution in [0.25, 0.3) is 0 Å². The number of ether oxygens (including phenoxy) is 3. The van der Waals surface area contributed by atoms with Gasteiger partial charge in [0.1, 0.15) is 36.6 Å². The van der Waals surface area contributed by atoms with E-state index in [-0.39, 0.29) is 24.7 Å². The summed E-state index contributed by atoms with van der Waals surface area (Å²) in [5, 5.41) is 16.4. The van der Waals surface area contributed by atoms with Crippen LogP contribution < -0.4 is 20.7 Å². The van der Waals surface area contributed by atoms with Gasteiger partial charge in [-0.2, -0.15) is 0 Å². The SMILES string of the molecule is CC[C@H](C)[C@H](NC(=O)[C@H](Cc1ccc(OC(=O)OCc2ccc(Br)cc2)cc1)NC(=O)OC(C)(C)C)C(=O)NCC(=O)O. The molecule has 2 aromatic carbocycles. The predicted octanol–water partition coefficient (Wildman–Crippen LogP) is 4.33. The molecule has 2 aromatic rings. The van der Waals surface area contributed by atoms with Crippen LogP contribution in [0, 0.1) is 5.92 Å². The van der Waals surface area contributed by atoms with Gasteiger partial charge in [-0.15, -0.1) is 0 Å². The summed E-state index contributed by atoms with van der Waals surface area (Å²) in [5.41, 5.74) is 0.556. The Labute approximate surface area is 259 Å². The molecule has 0 bridgehead atoms. The zero-order valence-corrected chi connectivity index (χ0v) is 26.4. The fourth-order valence-electron chi connectivity index (χ4n) is 3.67. The maximum atomic E-state index is 13.4. The monoisotopic (exact) mass is 663 g/mol. The number of carbonyl (C=O) groups excluding carboxylic acids is 4. The molecule has 0 saturated carbocycles. The first-order valence-electron chi connectivity index (χ1n) is 13.6. The van der Waals surface area contributed by atoms with Crippen LogP contribution in [0.2, 0.25) is 0 Å². The molecule has 4 N–H and O–H groups in total. The Kier molecular flexibility index (Phi) is 13.5. The van der Waals surface area contributed by atoms with Crippen molar-refractivity contribution in [1.82, 2.24) is 16.0 Å². The molecule has 43 heavy (non-hydrogen) atoms. The summed E-state index contributed by atoms with van der Waals surface area (Å²) in [7, 11) is 0. The number of carbonyl (C=O) groups is 5. The molecule has 234 valence electrons. The normalized spacial score (nSPS) is 13.1. The number of benzene rings is 2. The van der Waals surface area contributed by atoms with Gasteiger partial charge in [0, 0.05) is 10.9 Å². The Morgan fingerprint density at radius 2 is 1.51 bits per heavy atom. The molecule has 0 saturated heterocycles. The van der Waals surface area contributed by atoms with E-state index < -0.39 is 54.3 Å². The van der Waals surface area contributed by atoms with Crippen LogP contribution in [-0.2, 0) is 36.9 Å². The third-order valence-corrected chi connectivity index (χ3v) is 6.58. The number of alkyl carbamates (subject to hydrolysis) is 1. The van der Waals surface area contributed by atoms with Gasteiger partial charge in [-0.1, -0.05) is 60.5 Å². The topological polar surface area (TPSA) is 169 Å². The molecular weight excluding hydrogens is 626 g/mol. The van der Waals surface area contributed by atoms with Crippen molar-refractivity contribution in [2.75, 3.05) is 6.54 Å². The van der Waals surface area contributed by atoms with Crippen LogP contribution in [0.3, 0.4) is 0 Å². The van der Waals surface area contributed by atoms with Crippen LogP contribution in [0.5, 0.6) is 5.75 Å². The second-order valence-electron chi connectivity index (χ2n) is 10.8. The minimum atomic E-state index is -1.22. The number of hydrogen-bond acceptors (Lipinski definition) is 8. The van der Waals surface area contributed by atoms with Crippen LogP contribution in [0.1, 0.15) is 52.2 Å². The fourth-order valence-corrected chi connectivity index (χ4v) is 3.93. The molecule has 0 unspecified atom stereocenters. The van der Waals surface area contributed by atoms with Gasteiger partial charge >= 0.3 is 18.2 Å². The lowest BCUT2D eigenvalue weighted by Crippen LogP contribution is -2.57. The summed E-state index contributed by atoms with van der Waals surface area (Å²) >= 11 is 3.34. The molecule has 3 amide bonds. The molecule has 12 nitrogen and oxygen atoms in total. The Bertz CT molecular complexity index is 1260. The summed E-state index contributed by atoms with van der Waals surface area (Å²) in [4.78, 5) is 61.7. The maximum absolute atomic E-state index is 13.4. The van der Waals surface area contributed by atoms with E-state index in [1.807, 2.05) is 19.1 Å². The van der Waals surface area contributed by atoms with E-state index in [9.17, 15) is 24.0 Å². The number of rotatable bonds is 13. The lowest BCUT2D eigenvalue weighted by molar-refractivity contribution is -0.138. The van der Waals surface area contributed by atoms with Crippen molar-refractivity contribution in [2.45, 2.75) is 71.8 Å². The number of hydrogen-bond donors (Lipinski definition) is 4. The Hall–Kier alpha value is -4.13. The largest absolute Gasteiger partial charge is 0.514 e. The van der Waals surface area contributed by atoms with Gasteiger partial charge in [-0.3, -0.25) is 14.4 Å². The zero-order chi connectivity index (χ0) is 32.2. The van der Waals surface area contributed by atoms with E-state index >= 15 is 0 Å². The highest BCUT2D eigenvalue weighted by atomic mass is 79.9. The average molecular weight is 665 g/mol. The summed E-state index contributed by atoms with van der Waals surface area (Å²) in [5.74, 6) is -2.68. The van der Waals surface area contributed by atoms with Crippen LogP contribution in [-0.4, -0.2) is 59.4 Å². The number of amides is 3. The predicted molar refractivity (Wildman–Crippen MR) is 160 cm³/mol. The van der Waals surface area contributed by atoms with Crippen molar-refractivity contribution in [2.24, 2.45) is 5.92 Å². The first-order chi connectivity index (χ1) is 20.2. The lowest BCUT2D eigenvalue weighted by Gasteiger charge is -2.27. The molecule has 0 heterocycles. The van der Waals surface area contributed by atoms with Gasteiger partial charge in [-0.05, 0) is 62.1 Å². The second kappa shape index (κ2) is 16.5. The molecule has 0 radical (unpaired) electrons. The molecule has 0 fully saturated rings. The standard InChI is InChI=1S/C30H38BrN3O9/c1-6-18(2)25(27(38)32-16-24(35)36)34-26(37)23(33-28(39)43-30(3,4)5)15-19-9-13-22(14-10-19)42-29(40)41-17-20-7-11-21(31)12-8-20/h7-14,18,23,25H,6,15-17H2,1-5H3,(H,32,38)(H,33,39)(H,34,37)(H,35,36)/t18-,23-,25-/m0/s1. The number of carboxylic acid groups (broad SMARTS) is 1. The first-order valence-corrected chi connectivity index (χ1v) is 14.4. The number of nitrogens with one attached hydrogen (secondary N) is 3. The van der Waals surface area contributed by atoms with E-state index in [2.05, 4.69) is 31.9 Å². The molecular formula is C30H38BrN3O9. The molecule has 0 aromatic heterocycles. The van der Waals surface area contributed by atoms with Gasteiger partial charge in [0.15, 0.2) is 0 Å². The quantitative estimate of drug-likeness (QED) is 0.180. The lowest BCUT2D eigenvalue weighted by atomic mass is 9.97. The highest BCUT2D eigenvalue weighted by Gasteiger charge is 2.31. The molecule has 0 aliphatic heterocycles. The van der Waals surface area contributed by atoms with Crippen molar-refractivity contribution < 1.29 is 43.3 Å². The van der Waals surface area contributed by atoms with Gasteiger partial charge in [-0.25, -0.2) is 9.59 Å². The smallest absolute Gasteiger partial charge is 0.480 e. The van der Waals surface area contributed by atoms with E-state index in [1.165, 1.54) is 12.1 Å². The third kappa shape index (κ3) is 13.2. The van der Waals surface area contributed by atoms with E-state index in [0.29, 0.717) is 12.0 Å². The van der Waals surface area contributed by atoms with E-state index in [1.54, 1.807) is 52.0 Å². The molecule has 13 heteroatoms. The van der Waals surface area contributed by atoms with Crippen molar-refractivity contribution in [1.29, 1.82) is 0 Å². The molecule has 0 aliphatic carbocycles. The highest BCUT2D eigenvalue weighted by Crippen LogP contribution is 2.17. The average Bonchev–Trinajstić information content (AvgIpc) is 2.93. The fraction of sp³-hybridized carbons (Fsp3) is 0.433. The Balaban J connectivity index is 2.12. The van der Waals surface area contributed by atoms with Gasteiger partial charge in [0.2, 0.25) is 11.8 Å². The summed E-state index contributed by atoms with van der Waals surface area (Å²) in [6.45, 7) is 8.02. The zero-order valence-electron chi connectivity index (χ0n) is 24.8. The first kappa shape index (κ1) is 35.1. The Morgan fingerprint density at radius 3 is 2.07 bits per heavy atom. The van der Waals surface area contributed by atoms with Crippen molar-refractivity contribution >= 4 is 46.0 Å². The molecule has 3 atom stereocenters. The minimum absolute atomic E-state index is 0.00331. The van der Waals surface area contributed by atoms with Gasteiger partial charge in [0.25, 0.3) is 0 Å². The van der Waals surface area contributed by atoms with Crippen molar-refractivity contribution in [3.63, 3.8) is 0 Å². The summed E-state index contributed by atoms with van der Waals surface area (Å²) in [6, 6.07) is 11.3. The van der Waals surface area contributed by atoms with Crippen LogP contribution >= 0.6 is 15.9 Å². The van der Waals surface area contributed by atoms with E-state index in [4.69, 9.17) is 19.3 Å². The summed E-state index contributed by atoms with van der Waals surface area (Å²) in [6.07, 6.45) is -1.21. The maximum Gasteiger partial charge on any atom is 0.514 e. The third-order valence-electron chi connectivity index (χ3n) is 6.05. The minimum Gasteiger partial charge on any atom is -0.480 e. The summed E-state index contributed by atoms with van der Waals surface area (Å²) < 4.78 is 16.6. The molecule has 0 spiro atoms. The number of halogens is 1.